The van der Waals surface area contributed by atoms with Crippen LogP contribution in [0.1, 0.15) is 27.6 Å². The van der Waals surface area contributed by atoms with Crippen LogP contribution in [0.2, 0.25) is 10.0 Å². The number of nitrogens with one attached hydrogen (secondary N) is 2. The van der Waals surface area contributed by atoms with Gasteiger partial charge in [-0.2, -0.15) is 0 Å². The molecular weight excluding hydrogens is 383 g/mol. The number of benzene rings is 2. The second-order valence-corrected chi connectivity index (χ2v) is 5.97. The van der Waals surface area contributed by atoms with Crippen molar-refractivity contribution in [3.8, 4) is 5.75 Å². The molecular formula is C17H14Cl2N2O5. The Morgan fingerprint density at radius 1 is 1.04 bits per heavy atom. The zero-order valence-corrected chi connectivity index (χ0v) is 15.0. The number of carboxylic acid groups (broad SMARTS) is 1. The van der Waals surface area contributed by atoms with Crippen molar-refractivity contribution in [1.82, 2.24) is 10.9 Å². The van der Waals surface area contributed by atoms with E-state index in [1.165, 1.54) is 43.3 Å². The number of carboxylic acids is 1. The van der Waals surface area contributed by atoms with Crippen LogP contribution >= 0.6 is 23.2 Å². The number of hydrogen-bond donors (Lipinski definition) is 3. The Kier molecular flexibility index (Phi) is 6.43. The highest BCUT2D eigenvalue weighted by atomic mass is 35.5. The first kappa shape index (κ1) is 19.6. The lowest BCUT2D eigenvalue weighted by molar-refractivity contribution is -0.128. The Morgan fingerprint density at radius 3 is 2.31 bits per heavy atom. The molecule has 26 heavy (non-hydrogen) atoms. The molecule has 136 valence electrons. The Bertz CT molecular complexity index is 857. The smallest absolute Gasteiger partial charge is 0.336 e. The van der Waals surface area contributed by atoms with E-state index in [0.717, 1.165) is 0 Å². The first-order valence-corrected chi connectivity index (χ1v) is 8.09. The molecule has 1 atom stereocenters. The van der Waals surface area contributed by atoms with Crippen LogP contribution < -0.4 is 15.6 Å². The molecule has 9 heteroatoms. The third-order valence-corrected chi connectivity index (χ3v) is 3.80. The Morgan fingerprint density at radius 2 is 1.69 bits per heavy atom. The lowest BCUT2D eigenvalue weighted by Gasteiger charge is -2.16. The fourth-order valence-corrected chi connectivity index (χ4v) is 2.42. The SMILES string of the molecule is CC(Oc1ccc(Cl)cc1Cl)C(=O)NNC(=O)c1ccccc1C(=O)O. The summed E-state index contributed by atoms with van der Waals surface area (Å²) in [7, 11) is 0. The summed E-state index contributed by atoms with van der Waals surface area (Å²) in [5.74, 6) is -2.43. The zero-order chi connectivity index (χ0) is 19.3. The molecule has 3 N–H and O–H groups in total. The van der Waals surface area contributed by atoms with Gasteiger partial charge in [0.25, 0.3) is 11.8 Å². The van der Waals surface area contributed by atoms with E-state index >= 15 is 0 Å². The summed E-state index contributed by atoms with van der Waals surface area (Å²) in [5, 5.41) is 9.73. The van der Waals surface area contributed by atoms with E-state index < -0.39 is 23.9 Å². The molecule has 0 aliphatic heterocycles. The van der Waals surface area contributed by atoms with Crippen molar-refractivity contribution in [2.45, 2.75) is 13.0 Å². The van der Waals surface area contributed by atoms with Gasteiger partial charge in [-0.05, 0) is 37.3 Å². The maximum absolute atomic E-state index is 12.1. The van der Waals surface area contributed by atoms with Crippen LogP contribution in [-0.2, 0) is 4.79 Å². The second kappa shape index (κ2) is 8.55. The van der Waals surface area contributed by atoms with Gasteiger partial charge in [-0.1, -0.05) is 35.3 Å². The van der Waals surface area contributed by atoms with Gasteiger partial charge >= 0.3 is 5.97 Å². The lowest BCUT2D eigenvalue weighted by Crippen LogP contribution is -2.47. The van der Waals surface area contributed by atoms with Crippen molar-refractivity contribution in [3.63, 3.8) is 0 Å². The standard InChI is InChI=1S/C17H14Cl2N2O5/c1-9(26-14-7-6-10(18)8-13(14)19)15(22)20-21-16(23)11-4-2-3-5-12(11)17(24)25/h2-9H,1H3,(H,20,22)(H,21,23)(H,24,25). The molecule has 0 saturated carbocycles. The highest BCUT2D eigenvalue weighted by molar-refractivity contribution is 6.35. The summed E-state index contributed by atoms with van der Waals surface area (Å²) in [6.07, 6.45) is -0.983. The molecule has 7 nitrogen and oxygen atoms in total. The number of halogens is 2. The van der Waals surface area contributed by atoms with Crippen molar-refractivity contribution in [1.29, 1.82) is 0 Å². The molecule has 0 spiro atoms. The first-order chi connectivity index (χ1) is 12.3. The summed E-state index contributed by atoms with van der Waals surface area (Å²) in [4.78, 5) is 35.2. The fourth-order valence-electron chi connectivity index (χ4n) is 1.97. The summed E-state index contributed by atoms with van der Waals surface area (Å²) < 4.78 is 5.41. The number of rotatable bonds is 5. The quantitative estimate of drug-likeness (QED) is 0.673. The molecule has 0 aliphatic rings. The van der Waals surface area contributed by atoms with Gasteiger partial charge in [0, 0.05) is 5.02 Å². The number of ether oxygens (including phenoxy) is 1. The third kappa shape index (κ3) is 4.87. The average molecular weight is 397 g/mol. The molecule has 0 radical (unpaired) electrons. The number of hydrogen-bond acceptors (Lipinski definition) is 4. The first-order valence-electron chi connectivity index (χ1n) is 7.34. The largest absolute Gasteiger partial charge is 0.479 e. The van der Waals surface area contributed by atoms with Crippen LogP contribution in [0.4, 0.5) is 0 Å². The van der Waals surface area contributed by atoms with E-state index in [4.69, 9.17) is 33.0 Å². The lowest BCUT2D eigenvalue weighted by atomic mass is 10.1. The van der Waals surface area contributed by atoms with Gasteiger partial charge in [0.05, 0.1) is 16.1 Å². The molecule has 0 heterocycles. The predicted molar refractivity (Wildman–Crippen MR) is 95.6 cm³/mol. The molecule has 2 amide bonds. The fraction of sp³-hybridized carbons (Fsp3) is 0.118. The molecule has 0 aromatic heterocycles. The minimum atomic E-state index is -1.25. The van der Waals surface area contributed by atoms with Crippen molar-refractivity contribution in [3.05, 3.63) is 63.6 Å². The molecule has 2 aromatic carbocycles. The molecule has 0 aliphatic carbocycles. The van der Waals surface area contributed by atoms with E-state index in [0.29, 0.717) is 5.02 Å². The van der Waals surface area contributed by atoms with Gasteiger partial charge in [0.15, 0.2) is 6.10 Å². The Balaban J connectivity index is 1.97. The van der Waals surface area contributed by atoms with Crippen molar-refractivity contribution < 1.29 is 24.2 Å². The summed E-state index contributed by atoms with van der Waals surface area (Å²) in [6, 6.07) is 10.1. The van der Waals surface area contributed by atoms with Gasteiger partial charge < -0.3 is 9.84 Å². The van der Waals surface area contributed by atoms with Gasteiger partial charge in [-0.15, -0.1) is 0 Å². The van der Waals surface area contributed by atoms with Crippen LogP contribution in [0.25, 0.3) is 0 Å². The Hall–Kier alpha value is -2.77. The van der Waals surface area contributed by atoms with Crippen LogP contribution in [0, 0.1) is 0 Å². The maximum Gasteiger partial charge on any atom is 0.336 e. The maximum atomic E-state index is 12.1. The predicted octanol–water partition coefficient (Wildman–Crippen LogP) is 2.92. The topological polar surface area (TPSA) is 105 Å². The summed E-state index contributed by atoms with van der Waals surface area (Å²) >= 11 is 11.8. The average Bonchev–Trinajstić information content (AvgIpc) is 2.61. The van der Waals surface area contributed by atoms with Crippen molar-refractivity contribution >= 4 is 41.0 Å². The molecule has 0 saturated heterocycles. The number of carbonyl (C=O) groups excluding carboxylic acids is 2. The monoisotopic (exact) mass is 396 g/mol. The van der Waals surface area contributed by atoms with Crippen LogP contribution in [0.3, 0.4) is 0 Å². The minimum absolute atomic E-state index is 0.0883. The van der Waals surface area contributed by atoms with E-state index in [1.807, 2.05) is 0 Å². The van der Waals surface area contributed by atoms with E-state index in [-0.39, 0.29) is 21.9 Å². The number of amides is 2. The van der Waals surface area contributed by atoms with Crippen LogP contribution in [0.5, 0.6) is 5.75 Å². The zero-order valence-electron chi connectivity index (χ0n) is 13.5. The molecule has 0 fully saturated rings. The molecule has 1 unspecified atom stereocenters. The molecule has 2 aromatic rings. The highest BCUT2D eigenvalue weighted by Gasteiger charge is 2.19. The summed E-state index contributed by atoms with van der Waals surface area (Å²) in [5.41, 5.74) is 4.05. The van der Waals surface area contributed by atoms with Crippen LogP contribution in [0.15, 0.2) is 42.5 Å². The number of carbonyl (C=O) groups is 3. The second-order valence-electron chi connectivity index (χ2n) is 5.13. The van der Waals surface area contributed by atoms with E-state index in [1.54, 1.807) is 6.07 Å². The van der Waals surface area contributed by atoms with Crippen molar-refractivity contribution in [2.24, 2.45) is 0 Å². The van der Waals surface area contributed by atoms with E-state index in [9.17, 15) is 14.4 Å². The highest BCUT2D eigenvalue weighted by Crippen LogP contribution is 2.28. The molecule has 0 bridgehead atoms. The van der Waals surface area contributed by atoms with Crippen molar-refractivity contribution in [2.75, 3.05) is 0 Å². The Labute approximate surface area is 158 Å². The van der Waals surface area contributed by atoms with Gasteiger partial charge in [-0.25, -0.2) is 4.79 Å². The molecule has 2 rings (SSSR count). The van der Waals surface area contributed by atoms with Crippen LogP contribution in [-0.4, -0.2) is 29.0 Å². The van der Waals surface area contributed by atoms with Gasteiger partial charge in [0.2, 0.25) is 0 Å². The van der Waals surface area contributed by atoms with E-state index in [2.05, 4.69) is 10.9 Å². The summed E-state index contributed by atoms with van der Waals surface area (Å²) in [6.45, 7) is 1.46. The normalized spacial score (nSPS) is 11.3. The minimum Gasteiger partial charge on any atom is -0.479 e. The van der Waals surface area contributed by atoms with Gasteiger partial charge in [-0.3, -0.25) is 20.4 Å². The third-order valence-electron chi connectivity index (χ3n) is 3.27. The number of aromatic carboxylic acids is 1. The number of hydrazine groups is 1. The van der Waals surface area contributed by atoms with Gasteiger partial charge in [0.1, 0.15) is 5.75 Å².